The molecule has 1 rings (SSSR count). The van der Waals surface area contributed by atoms with E-state index in [2.05, 4.69) is 5.92 Å². The standard InChI is InChI=1S/C12H18O4S/c1-3-9-17(14,15)10(2)12(13)16-11-7-5-4-6-8-11/h1,10-11H,4-9H2,2H3. The van der Waals surface area contributed by atoms with Crippen molar-refractivity contribution in [3.63, 3.8) is 0 Å². The molecule has 0 bridgehead atoms. The summed E-state index contributed by atoms with van der Waals surface area (Å²) in [7, 11) is -3.57. The first-order chi connectivity index (χ1) is 7.97. The Morgan fingerprint density at radius 1 is 1.41 bits per heavy atom. The zero-order valence-electron chi connectivity index (χ0n) is 10.0. The fourth-order valence-corrected chi connectivity index (χ4v) is 2.66. The van der Waals surface area contributed by atoms with Crippen LogP contribution in [0.4, 0.5) is 0 Å². The number of hydrogen-bond acceptors (Lipinski definition) is 4. The maximum atomic E-state index is 11.7. The van der Waals surface area contributed by atoms with Crippen LogP contribution < -0.4 is 0 Å². The molecule has 0 N–H and O–H groups in total. The van der Waals surface area contributed by atoms with Crippen molar-refractivity contribution in [3.8, 4) is 12.3 Å². The molecular weight excluding hydrogens is 240 g/mol. The summed E-state index contributed by atoms with van der Waals surface area (Å²) in [5.41, 5.74) is 0. The van der Waals surface area contributed by atoms with E-state index in [4.69, 9.17) is 11.2 Å². The summed E-state index contributed by atoms with van der Waals surface area (Å²) in [6.07, 6.45) is 9.70. The first kappa shape index (κ1) is 14.0. The second-order valence-electron chi connectivity index (χ2n) is 4.35. The molecule has 0 aromatic heterocycles. The average Bonchev–Trinajstić information content (AvgIpc) is 2.29. The van der Waals surface area contributed by atoms with E-state index in [0.29, 0.717) is 0 Å². The third-order valence-corrected chi connectivity index (χ3v) is 4.83. The topological polar surface area (TPSA) is 60.4 Å². The van der Waals surface area contributed by atoms with E-state index in [9.17, 15) is 13.2 Å². The summed E-state index contributed by atoms with van der Waals surface area (Å²) in [6.45, 7) is 1.33. The fourth-order valence-electron chi connectivity index (χ4n) is 1.83. The van der Waals surface area contributed by atoms with Gasteiger partial charge in [-0.05, 0) is 32.6 Å². The van der Waals surface area contributed by atoms with Crippen molar-refractivity contribution in [2.24, 2.45) is 0 Å². The summed E-state index contributed by atoms with van der Waals surface area (Å²) in [5, 5.41) is -1.17. The molecule has 4 nitrogen and oxygen atoms in total. The first-order valence-corrected chi connectivity index (χ1v) is 7.54. The molecule has 0 spiro atoms. The van der Waals surface area contributed by atoms with Crippen molar-refractivity contribution < 1.29 is 17.9 Å². The second-order valence-corrected chi connectivity index (χ2v) is 6.67. The van der Waals surface area contributed by atoms with Crippen LogP contribution in [0, 0.1) is 12.3 Å². The molecule has 0 amide bonds. The van der Waals surface area contributed by atoms with Crippen molar-refractivity contribution in [2.45, 2.75) is 50.4 Å². The summed E-state index contributed by atoms with van der Waals surface area (Å²) < 4.78 is 28.3. The Morgan fingerprint density at radius 2 is 2.00 bits per heavy atom. The lowest BCUT2D eigenvalue weighted by Gasteiger charge is -2.23. The maximum absolute atomic E-state index is 11.7. The maximum Gasteiger partial charge on any atom is 0.324 e. The number of terminal acetylenes is 1. The van der Waals surface area contributed by atoms with Gasteiger partial charge in [-0.3, -0.25) is 4.79 Å². The van der Waals surface area contributed by atoms with E-state index >= 15 is 0 Å². The quantitative estimate of drug-likeness (QED) is 0.563. The van der Waals surface area contributed by atoms with Gasteiger partial charge in [0.05, 0.1) is 0 Å². The molecule has 1 unspecified atom stereocenters. The summed E-state index contributed by atoms with van der Waals surface area (Å²) >= 11 is 0. The van der Waals surface area contributed by atoms with Crippen LogP contribution in [-0.2, 0) is 19.4 Å². The van der Waals surface area contributed by atoms with E-state index in [-0.39, 0.29) is 6.10 Å². The van der Waals surface area contributed by atoms with Gasteiger partial charge in [0.25, 0.3) is 0 Å². The van der Waals surface area contributed by atoms with Crippen molar-refractivity contribution in [1.29, 1.82) is 0 Å². The molecule has 1 atom stereocenters. The van der Waals surface area contributed by atoms with Crippen molar-refractivity contribution >= 4 is 15.8 Å². The molecular formula is C12H18O4S. The lowest BCUT2D eigenvalue weighted by molar-refractivity contribution is -0.149. The normalized spacial score (nSPS) is 19.3. The monoisotopic (exact) mass is 258 g/mol. The summed E-state index contributed by atoms with van der Waals surface area (Å²) in [5.74, 6) is 0.955. The number of sulfone groups is 1. The summed E-state index contributed by atoms with van der Waals surface area (Å²) in [4.78, 5) is 11.7. The number of rotatable bonds is 4. The van der Waals surface area contributed by atoms with Crippen LogP contribution >= 0.6 is 0 Å². The van der Waals surface area contributed by atoms with Crippen LogP contribution in [0.25, 0.3) is 0 Å². The molecule has 1 aliphatic carbocycles. The Bertz CT molecular complexity index is 399. The van der Waals surface area contributed by atoms with Crippen LogP contribution in [0.5, 0.6) is 0 Å². The van der Waals surface area contributed by atoms with Gasteiger partial charge in [0, 0.05) is 0 Å². The number of ether oxygens (including phenoxy) is 1. The average molecular weight is 258 g/mol. The van der Waals surface area contributed by atoms with Gasteiger partial charge in [-0.2, -0.15) is 0 Å². The molecule has 1 aliphatic rings. The number of esters is 1. The van der Waals surface area contributed by atoms with E-state index in [1.165, 1.54) is 6.92 Å². The minimum Gasteiger partial charge on any atom is -0.461 e. The Kier molecular flexibility index (Phi) is 5.01. The minimum atomic E-state index is -3.57. The van der Waals surface area contributed by atoms with Crippen LogP contribution in [0.15, 0.2) is 0 Å². The van der Waals surface area contributed by atoms with Crippen LogP contribution in [0.1, 0.15) is 39.0 Å². The Morgan fingerprint density at radius 3 is 2.53 bits per heavy atom. The largest absolute Gasteiger partial charge is 0.461 e. The third kappa shape index (κ3) is 4.04. The molecule has 1 fully saturated rings. The van der Waals surface area contributed by atoms with E-state index < -0.39 is 26.8 Å². The van der Waals surface area contributed by atoms with E-state index in [1.807, 2.05) is 0 Å². The SMILES string of the molecule is C#CCS(=O)(=O)C(C)C(=O)OC1CCCCC1. The van der Waals surface area contributed by atoms with E-state index in [0.717, 1.165) is 32.1 Å². The molecule has 0 aliphatic heterocycles. The van der Waals surface area contributed by atoms with Gasteiger partial charge in [0.15, 0.2) is 15.1 Å². The number of hydrogen-bond donors (Lipinski definition) is 0. The van der Waals surface area contributed by atoms with E-state index in [1.54, 1.807) is 0 Å². The van der Waals surface area contributed by atoms with Gasteiger partial charge in [0.1, 0.15) is 11.9 Å². The number of carbonyl (C=O) groups excluding carboxylic acids is 1. The molecule has 0 aromatic rings. The minimum absolute atomic E-state index is 0.125. The van der Waals surface area contributed by atoms with Crippen molar-refractivity contribution in [1.82, 2.24) is 0 Å². The number of carbonyl (C=O) groups is 1. The lowest BCUT2D eigenvalue weighted by atomic mass is 9.98. The van der Waals surface area contributed by atoms with Crippen molar-refractivity contribution in [3.05, 3.63) is 0 Å². The summed E-state index contributed by atoms with van der Waals surface area (Å²) in [6, 6.07) is 0. The predicted molar refractivity (Wildman–Crippen MR) is 65.0 cm³/mol. The van der Waals surface area contributed by atoms with Gasteiger partial charge in [-0.15, -0.1) is 6.42 Å². The Balaban J connectivity index is 2.55. The molecule has 0 heterocycles. The highest BCUT2D eigenvalue weighted by atomic mass is 32.2. The molecule has 1 saturated carbocycles. The molecule has 17 heavy (non-hydrogen) atoms. The molecule has 0 radical (unpaired) electrons. The highest BCUT2D eigenvalue weighted by Crippen LogP contribution is 2.21. The zero-order valence-corrected chi connectivity index (χ0v) is 10.8. The Labute approximate surface area is 103 Å². The van der Waals surface area contributed by atoms with Crippen molar-refractivity contribution in [2.75, 3.05) is 5.75 Å². The second kappa shape index (κ2) is 6.06. The zero-order chi connectivity index (χ0) is 12.9. The lowest BCUT2D eigenvalue weighted by Crippen LogP contribution is -2.34. The van der Waals surface area contributed by atoms with Crippen LogP contribution in [0.3, 0.4) is 0 Å². The molecule has 0 saturated heterocycles. The highest BCUT2D eigenvalue weighted by molar-refractivity contribution is 7.92. The first-order valence-electron chi connectivity index (χ1n) is 5.83. The fraction of sp³-hybridized carbons (Fsp3) is 0.750. The smallest absolute Gasteiger partial charge is 0.324 e. The third-order valence-electron chi connectivity index (χ3n) is 2.99. The van der Waals surface area contributed by atoms with Gasteiger partial charge in [-0.1, -0.05) is 12.3 Å². The Hall–Kier alpha value is -1.02. The van der Waals surface area contributed by atoms with Gasteiger partial charge in [-0.25, -0.2) is 8.42 Å². The van der Waals surface area contributed by atoms with Gasteiger partial charge >= 0.3 is 5.97 Å². The van der Waals surface area contributed by atoms with Gasteiger partial charge in [0.2, 0.25) is 0 Å². The predicted octanol–water partition coefficient (Wildman–Crippen LogP) is 1.30. The van der Waals surface area contributed by atoms with Crippen LogP contribution in [-0.4, -0.2) is 31.5 Å². The van der Waals surface area contributed by atoms with Gasteiger partial charge < -0.3 is 4.74 Å². The molecule has 96 valence electrons. The molecule has 0 aromatic carbocycles. The molecule has 5 heteroatoms. The highest BCUT2D eigenvalue weighted by Gasteiger charge is 2.30. The van der Waals surface area contributed by atoms with Crippen LogP contribution in [0.2, 0.25) is 0 Å².